The van der Waals surface area contributed by atoms with Gasteiger partial charge in [0.15, 0.2) is 5.69 Å². The van der Waals surface area contributed by atoms with Crippen LogP contribution in [0.25, 0.3) is 0 Å². The lowest BCUT2D eigenvalue weighted by molar-refractivity contribution is -0.141. The van der Waals surface area contributed by atoms with Gasteiger partial charge in [-0.3, -0.25) is 14.2 Å². The zero-order valence-electron chi connectivity index (χ0n) is 18.3. The molecular formula is C22H21F6N5O. The number of rotatable bonds is 6. The van der Waals surface area contributed by atoms with Gasteiger partial charge in [0.25, 0.3) is 0 Å². The molecule has 34 heavy (non-hydrogen) atoms. The number of nitrogens with one attached hydrogen (secondary N) is 1. The van der Waals surface area contributed by atoms with Crippen LogP contribution < -0.4 is 5.32 Å². The van der Waals surface area contributed by atoms with Gasteiger partial charge in [-0.25, -0.2) is 0 Å². The van der Waals surface area contributed by atoms with Gasteiger partial charge in [0.1, 0.15) is 6.54 Å². The SMILES string of the molecule is Cc1nn(Cc2cccc(C(F)(F)F)c2)c(C)c1NC(=O)Cn1nc(C(F)(F)F)cc1C1CC1. The van der Waals surface area contributed by atoms with E-state index in [1.54, 1.807) is 19.9 Å². The van der Waals surface area contributed by atoms with Gasteiger partial charge in [0.2, 0.25) is 5.91 Å². The van der Waals surface area contributed by atoms with Gasteiger partial charge >= 0.3 is 12.4 Å². The number of aryl methyl sites for hydroxylation is 1. The number of alkyl halides is 6. The maximum absolute atomic E-state index is 13.1. The van der Waals surface area contributed by atoms with Crippen LogP contribution in [0.3, 0.4) is 0 Å². The lowest BCUT2D eigenvalue weighted by Crippen LogP contribution is -2.22. The van der Waals surface area contributed by atoms with Crippen molar-refractivity contribution in [1.82, 2.24) is 19.6 Å². The molecule has 2 aromatic heterocycles. The number of hydrogen-bond acceptors (Lipinski definition) is 3. The first-order valence-corrected chi connectivity index (χ1v) is 10.5. The van der Waals surface area contributed by atoms with Crippen LogP contribution in [0.4, 0.5) is 32.0 Å². The second kappa shape index (κ2) is 8.48. The van der Waals surface area contributed by atoms with Gasteiger partial charge in [0, 0.05) is 11.6 Å². The molecule has 0 radical (unpaired) electrons. The number of halogens is 6. The van der Waals surface area contributed by atoms with Crippen molar-refractivity contribution in [3.63, 3.8) is 0 Å². The zero-order chi connectivity index (χ0) is 24.8. The molecule has 1 fully saturated rings. The number of carbonyl (C=O) groups excluding carboxylic acids is 1. The molecule has 1 aromatic carbocycles. The lowest BCUT2D eigenvalue weighted by atomic mass is 10.1. The third kappa shape index (κ3) is 5.10. The van der Waals surface area contributed by atoms with Crippen molar-refractivity contribution in [2.75, 3.05) is 5.32 Å². The summed E-state index contributed by atoms with van der Waals surface area (Å²) in [5, 5.41) is 10.5. The summed E-state index contributed by atoms with van der Waals surface area (Å²) < 4.78 is 80.7. The molecule has 1 aliphatic carbocycles. The van der Waals surface area contributed by atoms with Crippen molar-refractivity contribution in [2.45, 2.75) is 58.0 Å². The molecular weight excluding hydrogens is 464 g/mol. The Morgan fingerprint density at radius 3 is 2.35 bits per heavy atom. The molecule has 3 aromatic rings. The van der Waals surface area contributed by atoms with E-state index in [-0.39, 0.29) is 12.5 Å². The van der Waals surface area contributed by atoms with Crippen molar-refractivity contribution >= 4 is 11.6 Å². The van der Waals surface area contributed by atoms with Crippen molar-refractivity contribution in [3.8, 4) is 0 Å². The Balaban J connectivity index is 1.50. The van der Waals surface area contributed by atoms with Crippen LogP contribution in [-0.2, 0) is 30.2 Å². The summed E-state index contributed by atoms with van der Waals surface area (Å²) in [6, 6.07) is 5.84. The standard InChI is InChI=1S/C22H21F6N5O/c1-12-20(13(2)32(30-12)10-14-4-3-5-16(8-14)21(23,24)25)29-19(34)11-33-17(15-6-7-15)9-18(31-33)22(26,27)28/h3-5,8-9,15H,6-7,10-11H2,1-2H3,(H,29,34). The number of benzene rings is 1. The highest BCUT2D eigenvalue weighted by molar-refractivity contribution is 5.91. The number of nitrogens with zero attached hydrogens (tertiary/aromatic N) is 4. The highest BCUT2D eigenvalue weighted by Gasteiger charge is 2.38. The van der Waals surface area contributed by atoms with Crippen LogP contribution in [-0.4, -0.2) is 25.5 Å². The quantitative estimate of drug-likeness (QED) is 0.482. The van der Waals surface area contributed by atoms with Gasteiger partial charge in [0.05, 0.1) is 29.2 Å². The highest BCUT2D eigenvalue weighted by Crippen LogP contribution is 2.42. The van der Waals surface area contributed by atoms with E-state index >= 15 is 0 Å². The summed E-state index contributed by atoms with van der Waals surface area (Å²) in [6.45, 7) is 2.91. The maximum atomic E-state index is 13.1. The van der Waals surface area contributed by atoms with E-state index in [1.165, 1.54) is 10.7 Å². The van der Waals surface area contributed by atoms with Gasteiger partial charge in [-0.05, 0) is 50.5 Å². The molecule has 0 bridgehead atoms. The topological polar surface area (TPSA) is 64.7 Å². The predicted molar refractivity (Wildman–Crippen MR) is 110 cm³/mol. The molecule has 0 spiro atoms. The van der Waals surface area contributed by atoms with Crippen LogP contribution in [0.2, 0.25) is 0 Å². The van der Waals surface area contributed by atoms with E-state index in [0.29, 0.717) is 28.3 Å². The summed E-state index contributed by atoms with van der Waals surface area (Å²) in [7, 11) is 0. The zero-order valence-corrected chi connectivity index (χ0v) is 18.3. The van der Waals surface area contributed by atoms with Crippen LogP contribution in [0, 0.1) is 13.8 Å². The fourth-order valence-electron chi connectivity index (χ4n) is 3.77. The van der Waals surface area contributed by atoms with E-state index in [2.05, 4.69) is 15.5 Å². The summed E-state index contributed by atoms with van der Waals surface area (Å²) >= 11 is 0. The highest BCUT2D eigenvalue weighted by atomic mass is 19.4. The molecule has 0 saturated heterocycles. The minimum absolute atomic E-state index is 0.0462. The van der Waals surface area contributed by atoms with Gasteiger partial charge in [-0.15, -0.1) is 0 Å². The molecule has 182 valence electrons. The van der Waals surface area contributed by atoms with Crippen LogP contribution in [0.15, 0.2) is 30.3 Å². The Morgan fingerprint density at radius 1 is 1.03 bits per heavy atom. The van der Waals surface area contributed by atoms with E-state index in [4.69, 9.17) is 0 Å². The van der Waals surface area contributed by atoms with Crippen LogP contribution in [0.5, 0.6) is 0 Å². The Labute approximate surface area is 190 Å². The molecule has 0 aliphatic heterocycles. The second-order valence-electron chi connectivity index (χ2n) is 8.33. The van der Waals surface area contributed by atoms with E-state index in [9.17, 15) is 31.1 Å². The van der Waals surface area contributed by atoms with Crippen molar-refractivity contribution in [2.24, 2.45) is 0 Å². The Hall–Kier alpha value is -3.31. The van der Waals surface area contributed by atoms with E-state index in [0.717, 1.165) is 35.7 Å². The van der Waals surface area contributed by atoms with Crippen molar-refractivity contribution in [3.05, 3.63) is 64.2 Å². The number of anilines is 1. The van der Waals surface area contributed by atoms with Crippen molar-refractivity contribution in [1.29, 1.82) is 0 Å². The molecule has 12 heteroatoms. The average molecular weight is 485 g/mol. The second-order valence-corrected chi connectivity index (χ2v) is 8.33. The van der Waals surface area contributed by atoms with Gasteiger partial charge in [-0.2, -0.15) is 36.5 Å². The largest absolute Gasteiger partial charge is 0.435 e. The minimum atomic E-state index is -4.61. The summed E-state index contributed by atoms with van der Waals surface area (Å²) in [5.41, 5.74) is 0.221. The molecule has 1 amide bonds. The molecule has 1 aliphatic rings. The average Bonchev–Trinajstić information content (AvgIpc) is 3.43. The molecule has 2 heterocycles. The molecule has 1 N–H and O–H groups in total. The molecule has 1 saturated carbocycles. The minimum Gasteiger partial charge on any atom is -0.321 e. The maximum Gasteiger partial charge on any atom is 0.435 e. The Kier molecular flexibility index (Phi) is 5.94. The first kappa shape index (κ1) is 23.8. The van der Waals surface area contributed by atoms with Crippen molar-refractivity contribution < 1.29 is 31.1 Å². The molecule has 0 atom stereocenters. The summed E-state index contributed by atoms with van der Waals surface area (Å²) in [5.74, 6) is -0.626. The molecule has 4 rings (SSSR count). The first-order valence-electron chi connectivity index (χ1n) is 10.5. The number of hydrogen-bond donors (Lipinski definition) is 1. The van der Waals surface area contributed by atoms with Crippen LogP contribution in [0.1, 0.15) is 52.7 Å². The van der Waals surface area contributed by atoms with Gasteiger partial charge < -0.3 is 5.32 Å². The lowest BCUT2D eigenvalue weighted by Gasteiger charge is -2.11. The third-order valence-corrected chi connectivity index (χ3v) is 5.62. The number of amides is 1. The normalized spacial score (nSPS) is 14.5. The Bertz CT molecular complexity index is 1220. The van der Waals surface area contributed by atoms with Crippen LogP contribution >= 0.6 is 0 Å². The van der Waals surface area contributed by atoms with Gasteiger partial charge in [-0.1, -0.05) is 12.1 Å². The number of carbonyl (C=O) groups is 1. The molecule has 6 nitrogen and oxygen atoms in total. The summed E-state index contributed by atoms with van der Waals surface area (Å²) in [4.78, 5) is 12.6. The number of aromatic nitrogens is 4. The summed E-state index contributed by atoms with van der Waals surface area (Å²) in [6.07, 6.45) is -7.60. The monoisotopic (exact) mass is 485 g/mol. The predicted octanol–water partition coefficient (Wildman–Crippen LogP) is 5.30. The van der Waals surface area contributed by atoms with E-state index < -0.39 is 36.1 Å². The third-order valence-electron chi connectivity index (χ3n) is 5.62. The fourth-order valence-corrected chi connectivity index (χ4v) is 3.77. The first-order chi connectivity index (χ1) is 15.8. The Morgan fingerprint density at radius 2 is 1.74 bits per heavy atom. The fraction of sp³-hybridized carbons (Fsp3) is 0.409. The van der Waals surface area contributed by atoms with E-state index in [1.807, 2.05) is 0 Å². The smallest absolute Gasteiger partial charge is 0.321 e. The molecule has 0 unspecified atom stereocenters.